The Hall–Kier alpha value is -1.75. The van der Waals surface area contributed by atoms with Crippen molar-refractivity contribution in [1.29, 1.82) is 0 Å². The molecule has 0 aromatic carbocycles. The molecule has 1 saturated heterocycles. The molecule has 1 unspecified atom stereocenters. The Morgan fingerprint density at radius 1 is 1.47 bits per heavy atom. The Kier molecular flexibility index (Phi) is 3.29. The van der Waals surface area contributed by atoms with Crippen LogP contribution in [0.5, 0.6) is 0 Å². The first-order valence-electron chi connectivity index (χ1n) is 6.88. The number of nitrogens with zero attached hydrogens (tertiary/aromatic N) is 4. The second kappa shape index (κ2) is 5.09. The van der Waals surface area contributed by atoms with Gasteiger partial charge in [-0.2, -0.15) is 0 Å². The number of carbonyl (C=O) groups is 1. The van der Waals surface area contributed by atoms with Gasteiger partial charge in [0, 0.05) is 6.20 Å². The van der Waals surface area contributed by atoms with Gasteiger partial charge in [0.15, 0.2) is 17.8 Å². The summed E-state index contributed by atoms with van der Waals surface area (Å²) in [5.74, 6) is 0.843. The number of hydrogen-bond acceptors (Lipinski definition) is 4. The zero-order valence-electron chi connectivity index (χ0n) is 11.1. The standard InChI is InChI=1S/C14H18N4O/c1-2-17-8-4-3-7-12(17)13-15-14-11(10-19)6-5-9-18(14)16-13/h5-6,9-10,12H,2-4,7-8H2,1H3. The van der Waals surface area contributed by atoms with Gasteiger partial charge < -0.3 is 0 Å². The van der Waals surface area contributed by atoms with Gasteiger partial charge in [-0.15, -0.1) is 5.10 Å². The summed E-state index contributed by atoms with van der Waals surface area (Å²) in [6, 6.07) is 3.89. The Balaban J connectivity index is 2.02. The summed E-state index contributed by atoms with van der Waals surface area (Å²) in [7, 11) is 0. The van der Waals surface area contributed by atoms with Crippen molar-refractivity contribution in [3.63, 3.8) is 0 Å². The fourth-order valence-corrected chi connectivity index (χ4v) is 2.84. The summed E-state index contributed by atoms with van der Waals surface area (Å²) >= 11 is 0. The molecule has 0 aliphatic carbocycles. The molecule has 3 rings (SSSR count). The molecule has 0 radical (unpaired) electrons. The summed E-state index contributed by atoms with van der Waals surface area (Å²) in [5.41, 5.74) is 1.26. The number of hydrogen-bond donors (Lipinski definition) is 0. The van der Waals surface area contributed by atoms with Crippen molar-refractivity contribution in [2.75, 3.05) is 13.1 Å². The number of likely N-dealkylation sites (tertiary alicyclic amines) is 1. The Bertz CT molecular complexity index is 592. The smallest absolute Gasteiger partial charge is 0.168 e. The van der Waals surface area contributed by atoms with E-state index in [0.29, 0.717) is 11.2 Å². The van der Waals surface area contributed by atoms with Gasteiger partial charge in [-0.1, -0.05) is 13.3 Å². The summed E-state index contributed by atoms with van der Waals surface area (Å²) in [6.45, 7) is 4.29. The van der Waals surface area contributed by atoms with Crippen LogP contribution in [0.15, 0.2) is 18.3 Å². The molecule has 1 atom stereocenters. The van der Waals surface area contributed by atoms with Gasteiger partial charge in [0.2, 0.25) is 0 Å². The second-order valence-corrected chi connectivity index (χ2v) is 4.96. The van der Waals surface area contributed by atoms with Crippen LogP contribution in [0.4, 0.5) is 0 Å². The number of pyridine rings is 1. The maximum absolute atomic E-state index is 11.0. The van der Waals surface area contributed by atoms with Crippen LogP contribution in [-0.4, -0.2) is 38.9 Å². The van der Waals surface area contributed by atoms with Crippen molar-refractivity contribution < 1.29 is 4.79 Å². The molecule has 100 valence electrons. The highest BCUT2D eigenvalue weighted by molar-refractivity contribution is 5.83. The molecular weight excluding hydrogens is 240 g/mol. The van der Waals surface area contributed by atoms with E-state index in [-0.39, 0.29) is 6.04 Å². The van der Waals surface area contributed by atoms with Gasteiger partial charge in [0.25, 0.3) is 0 Å². The van der Waals surface area contributed by atoms with Crippen LogP contribution < -0.4 is 0 Å². The van der Waals surface area contributed by atoms with E-state index in [9.17, 15) is 4.79 Å². The second-order valence-electron chi connectivity index (χ2n) is 4.96. The Morgan fingerprint density at radius 3 is 3.16 bits per heavy atom. The lowest BCUT2D eigenvalue weighted by molar-refractivity contribution is 0.112. The number of aromatic nitrogens is 3. The van der Waals surface area contributed by atoms with Crippen LogP contribution in [-0.2, 0) is 0 Å². The largest absolute Gasteiger partial charge is 0.298 e. The molecule has 0 spiro atoms. The SMILES string of the molecule is CCN1CCCCC1c1nc2c(C=O)cccn2n1. The van der Waals surface area contributed by atoms with E-state index in [1.165, 1.54) is 12.8 Å². The zero-order chi connectivity index (χ0) is 13.2. The molecule has 1 aliphatic heterocycles. The molecule has 1 fully saturated rings. The highest BCUT2D eigenvalue weighted by atomic mass is 16.1. The van der Waals surface area contributed by atoms with Crippen molar-refractivity contribution in [3.05, 3.63) is 29.7 Å². The number of aldehydes is 1. The summed E-state index contributed by atoms with van der Waals surface area (Å²) < 4.78 is 1.71. The lowest BCUT2D eigenvalue weighted by atomic mass is 10.0. The van der Waals surface area contributed by atoms with Gasteiger partial charge in [0.1, 0.15) is 0 Å². The number of fused-ring (bicyclic) bond motifs is 1. The molecule has 5 heteroatoms. The molecule has 0 bridgehead atoms. The van der Waals surface area contributed by atoms with Crippen LogP contribution in [0.2, 0.25) is 0 Å². The molecule has 3 heterocycles. The summed E-state index contributed by atoms with van der Waals surface area (Å²) in [5, 5.41) is 4.55. The third-order valence-electron chi connectivity index (χ3n) is 3.85. The van der Waals surface area contributed by atoms with Gasteiger partial charge in [-0.05, 0) is 38.1 Å². The molecule has 0 saturated carbocycles. The van der Waals surface area contributed by atoms with Crippen LogP contribution in [0.25, 0.3) is 5.65 Å². The predicted octanol–water partition coefficient (Wildman–Crippen LogP) is 2.09. The Morgan fingerprint density at radius 2 is 2.37 bits per heavy atom. The van der Waals surface area contributed by atoms with Crippen molar-refractivity contribution >= 4 is 11.9 Å². The van der Waals surface area contributed by atoms with Gasteiger partial charge in [-0.25, -0.2) is 9.50 Å². The van der Waals surface area contributed by atoms with Crippen LogP contribution in [0, 0.1) is 0 Å². The van der Waals surface area contributed by atoms with Gasteiger partial charge >= 0.3 is 0 Å². The molecule has 0 N–H and O–H groups in total. The molecular formula is C14H18N4O. The van der Waals surface area contributed by atoms with Crippen LogP contribution in [0.1, 0.15) is 48.4 Å². The van der Waals surface area contributed by atoms with E-state index in [2.05, 4.69) is 21.9 Å². The van der Waals surface area contributed by atoms with E-state index < -0.39 is 0 Å². The van der Waals surface area contributed by atoms with Crippen molar-refractivity contribution in [2.24, 2.45) is 0 Å². The zero-order valence-corrected chi connectivity index (χ0v) is 11.1. The molecule has 1 aliphatic rings. The number of rotatable bonds is 3. The van der Waals surface area contributed by atoms with Gasteiger partial charge in [0.05, 0.1) is 11.6 Å². The third-order valence-corrected chi connectivity index (χ3v) is 3.85. The molecule has 19 heavy (non-hydrogen) atoms. The minimum Gasteiger partial charge on any atom is -0.298 e. The van der Waals surface area contributed by atoms with Crippen LogP contribution >= 0.6 is 0 Å². The predicted molar refractivity (Wildman–Crippen MR) is 72.2 cm³/mol. The van der Waals surface area contributed by atoms with E-state index in [0.717, 1.165) is 31.6 Å². The highest BCUT2D eigenvalue weighted by Gasteiger charge is 2.26. The molecule has 2 aromatic heterocycles. The van der Waals surface area contributed by atoms with E-state index in [1.807, 2.05) is 12.3 Å². The summed E-state index contributed by atoms with van der Waals surface area (Å²) in [6.07, 6.45) is 6.25. The topological polar surface area (TPSA) is 50.5 Å². The average Bonchev–Trinajstić information content (AvgIpc) is 2.90. The van der Waals surface area contributed by atoms with E-state index >= 15 is 0 Å². The fraction of sp³-hybridized carbons (Fsp3) is 0.500. The number of carbonyl (C=O) groups excluding carboxylic acids is 1. The maximum atomic E-state index is 11.0. The quantitative estimate of drug-likeness (QED) is 0.791. The first-order chi connectivity index (χ1) is 9.33. The van der Waals surface area contributed by atoms with Crippen molar-refractivity contribution in [1.82, 2.24) is 19.5 Å². The molecule has 0 amide bonds. The van der Waals surface area contributed by atoms with E-state index in [4.69, 9.17) is 0 Å². The average molecular weight is 258 g/mol. The van der Waals surface area contributed by atoms with Crippen molar-refractivity contribution in [3.8, 4) is 0 Å². The van der Waals surface area contributed by atoms with Gasteiger partial charge in [-0.3, -0.25) is 9.69 Å². The highest BCUT2D eigenvalue weighted by Crippen LogP contribution is 2.28. The maximum Gasteiger partial charge on any atom is 0.168 e. The monoisotopic (exact) mass is 258 g/mol. The first-order valence-corrected chi connectivity index (χ1v) is 6.88. The lowest BCUT2D eigenvalue weighted by Crippen LogP contribution is -2.33. The number of piperidine rings is 1. The molecule has 2 aromatic rings. The van der Waals surface area contributed by atoms with E-state index in [1.54, 1.807) is 10.6 Å². The van der Waals surface area contributed by atoms with Crippen LogP contribution in [0.3, 0.4) is 0 Å². The minimum absolute atomic E-state index is 0.290. The first kappa shape index (κ1) is 12.3. The summed E-state index contributed by atoms with van der Waals surface area (Å²) in [4.78, 5) is 18.0. The Labute approximate surface area is 112 Å². The lowest BCUT2D eigenvalue weighted by Gasteiger charge is -2.32. The molecule has 5 nitrogen and oxygen atoms in total. The third kappa shape index (κ3) is 2.14. The normalized spacial score (nSPS) is 20.8. The van der Waals surface area contributed by atoms with Crippen molar-refractivity contribution in [2.45, 2.75) is 32.2 Å². The minimum atomic E-state index is 0.290. The fourth-order valence-electron chi connectivity index (χ4n) is 2.84.